The van der Waals surface area contributed by atoms with Crippen LogP contribution in [0.4, 0.5) is 0 Å². The van der Waals surface area contributed by atoms with Crippen LogP contribution >= 0.6 is 0 Å². The summed E-state index contributed by atoms with van der Waals surface area (Å²) in [4.78, 5) is 12.7. The number of carbonyl (C=O) groups is 1. The second kappa shape index (κ2) is 10.4. The van der Waals surface area contributed by atoms with E-state index in [9.17, 15) is 4.79 Å². The fourth-order valence-corrected chi connectivity index (χ4v) is 7.41. The molecule has 0 aromatic heterocycles. The monoisotopic (exact) mass is 520 g/mol. The molecule has 5 atom stereocenters. The molecule has 2 fully saturated rings. The van der Waals surface area contributed by atoms with E-state index in [1.165, 1.54) is 0 Å². The SMILES string of the molecule is CC(C)(C)[Si](C)(C)O[C@@H]1C[C@@H]2CC(=O)OC(OCc3ccccc3)[C@@H]2[C@@H](O[Si](C)(C)C(C)(C)C)C1. The second-order valence-corrected chi connectivity index (χ2v) is 23.1. The van der Waals surface area contributed by atoms with Crippen LogP contribution in [0.2, 0.25) is 36.3 Å². The number of ether oxygens (including phenoxy) is 2. The Labute approximate surface area is 215 Å². The van der Waals surface area contributed by atoms with Gasteiger partial charge in [0.15, 0.2) is 16.6 Å². The summed E-state index contributed by atoms with van der Waals surface area (Å²) in [7, 11) is -4.03. The van der Waals surface area contributed by atoms with Crippen LogP contribution in [-0.2, 0) is 29.7 Å². The Morgan fingerprint density at radius 1 is 0.886 bits per heavy atom. The summed E-state index contributed by atoms with van der Waals surface area (Å²) in [6, 6.07) is 10.1. The molecule has 1 saturated heterocycles. The van der Waals surface area contributed by atoms with Gasteiger partial charge in [0.25, 0.3) is 0 Å². The topological polar surface area (TPSA) is 54.0 Å². The quantitative estimate of drug-likeness (QED) is 0.279. The molecule has 3 rings (SSSR count). The van der Waals surface area contributed by atoms with Crippen molar-refractivity contribution in [3.8, 4) is 0 Å². The Morgan fingerprint density at radius 3 is 2.03 bits per heavy atom. The standard InChI is InChI=1S/C28H48O5Si2/c1-27(2,3)34(7,8)32-22-16-21-17-24(29)31-26(30-19-20-14-12-11-13-15-20)25(21)23(18-22)33-35(9,10)28(4,5)6/h11-15,21-23,25-26H,16-19H2,1-10H3/t21-,22-,23+,25+,26?/m1/s1. The van der Waals surface area contributed by atoms with Crippen molar-refractivity contribution in [3.63, 3.8) is 0 Å². The zero-order chi connectivity index (χ0) is 26.2. The molecule has 1 unspecified atom stereocenters. The van der Waals surface area contributed by atoms with Crippen molar-refractivity contribution in [2.75, 3.05) is 0 Å². The maximum Gasteiger partial charge on any atom is 0.308 e. The highest BCUT2D eigenvalue weighted by Gasteiger charge is 2.53. The molecule has 1 aliphatic carbocycles. The Kier molecular flexibility index (Phi) is 8.49. The number of carbonyl (C=O) groups excluding carboxylic acids is 1. The fourth-order valence-electron chi connectivity index (χ4n) is 4.67. The highest BCUT2D eigenvalue weighted by Crippen LogP contribution is 2.48. The molecule has 2 aliphatic rings. The molecule has 1 heterocycles. The van der Waals surface area contributed by atoms with Crippen LogP contribution in [0.1, 0.15) is 66.4 Å². The number of hydrogen-bond acceptors (Lipinski definition) is 5. The van der Waals surface area contributed by atoms with Gasteiger partial charge < -0.3 is 18.3 Å². The van der Waals surface area contributed by atoms with Crippen molar-refractivity contribution < 1.29 is 23.1 Å². The van der Waals surface area contributed by atoms with Gasteiger partial charge in [-0.25, -0.2) is 0 Å². The lowest BCUT2D eigenvalue weighted by molar-refractivity contribution is -0.237. The maximum atomic E-state index is 12.7. The van der Waals surface area contributed by atoms with Crippen LogP contribution in [0.3, 0.4) is 0 Å². The molecule has 1 aliphatic heterocycles. The highest BCUT2D eigenvalue weighted by atomic mass is 28.4. The predicted octanol–water partition coefficient (Wildman–Crippen LogP) is 7.28. The molecule has 35 heavy (non-hydrogen) atoms. The minimum absolute atomic E-state index is 0.0183. The number of fused-ring (bicyclic) bond motifs is 1. The molecule has 0 N–H and O–H groups in total. The average molecular weight is 521 g/mol. The molecule has 0 spiro atoms. The van der Waals surface area contributed by atoms with Gasteiger partial charge in [-0.3, -0.25) is 4.79 Å². The first-order valence-electron chi connectivity index (χ1n) is 13.2. The van der Waals surface area contributed by atoms with Crippen LogP contribution in [0.5, 0.6) is 0 Å². The van der Waals surface area contributed by atoms with Crippen LogP contribution in [-0.4, -0.2) is 41.1 Å². The van der Waals surface area contributed by atoms with Gasteiger partial charge in [0.1, 0.15) is 0 Å². The molecule has 1 aromatic carbocycles. The van der Waals surface area contributed by atoms with Crippen molar-refractivity contribution in [1.82, 2.24) is 0 Å². The number of benzene rings is 1. The number of hydrogen-bond donors (Lipinski definition) is 0. The van der Waals surface area contributed by atoms with Gasteiger partial charge in [-0.2, -0.15) is 0 Å². The molecule has 0 amide bonds. The summed E-state index contributed by atoms with van der Waals surface area (Å²) in [6.07, 6.45) is 1.53. The van der Waals surface area contributed by atoms with Crippen LogP contribution in [0.15, 0.2) is 30.3 Å². The first-order valence-corrected chi connectivity index (χ1v) is 19.0. The molecule has 1 saturated carbocycles. The summed E-state index contributed by atoms with van der Waals surface area (Å²) in [5, 5.41) is 0.216. The second-order valence-electron chi connectivity index (χ2n) is 13.6. The molecule has 5 nitrogen and oxygen atoms in total. The smallest absolute Gasteiger partial charge is 0.308 e. The molecule has 1 aromatic rings. The number of esters is 1. The number of cyclic esters (lactones) is 1. The van der Waals surface area contributed by atoms with Gasteiger partial charge in [0.05, 0.1) is 18.6 Å². The first-order chi connectivity index (χ1) is 16.0. The number of rotatable bonds is 7. The maximum absolute atomic E-state index is 12.7. The predicted molar refractivity (Wildman–Crippen MR) is 146 cm³/mol. The largest absolute Gasteiger partial charge is 0.435 e. The molecule has 7 heteroatoms. The lowest BCUT2D eigenvalue weighted by atomic mass is 9.73. The summed E-state index contributed by atoms with van der Waals surface area (Å²) in [5.74, 6) is -0.0246. The van der Waals surface area contributed by atoms with Crippen molar-refractivity contribution in [2.45, 2.75) is 122 Å². The van der Waals surface area contributed by atoms with E-state index in [4.69, 9.17) is 18.3 Å². The first kappa shape index (κ1) is 28.6. The molecular weight excluding hydrogens is 472 g/mol. The van der Waals surface area contributed by atoms with E-state index < -0.39 is 22.9 Å². The van der Waals surface area contributed by atoms with Crippen LogP contribution < -0.4 is 0 Å². The van der Waals surface area contributed by atoms with Crippen molar-refractivity contribution in [3.05, 3.63) is 35.9 Å². The minimum Gasteiger partial charge on any atom is -0.435 e. The van der Waals surface area contributed by atoms with Gasteiger partial charge >= 0.3 is 5.97 Å². The zero-order valence-electron chi connectivity index (χ0n) is 23.6. The lowest BCUT2D eigenvalue weighted by Gasteiger charge is -2.51. The molecule has 0 radical (unpaired) electrons. The van der Waals surface area contributed by atoms with Crippen LogP contribution in [0, 0.1) is 11.8 Å². The zero-order valence-corrected chi connectivity index (χ0v) is 25.6. The minimum atomic E-state index is -2.07. The Hall–Kier alpha value is -0.996. The Morgan fingerprint density at radius 2 is 1.46 bits per heavy atom. The van der Waals surface area contributed by atoms with Gasteiger partial charge in [-0.05, 0) is 60.6 Å². The average Bonchev–Trinajstić information content (AvgIpc) is 2.70. The fraction of sp³-hybridized carbons (Fsp3) is 0.750. The van der Waals surface area contributed by atoms with Crippen molar-refractivity contribution >= 4 is 22.6 Å². The normalized spacial score (nSPS) is 28.4. The highest BCUT2D eigenvalue weighted by molar-refractivity contribution is 6.74. The Bertz CT molecular complexity index is 856. The lowest BCUT2D eigenvalue weighted by Crippen LogP contribution is -2.57. The van der Waals surface area contributed by atoms with Gasteiger partial charge in [-0.1, -0.05) is 71.9 Å². The van der Waals surface area contributed by atoms with E-state index in [1.54, 1.807) is 0 Å². The van der Waals surface area contributed by atoms with E-state index in [0.717, 1.165) is 18.4 Å². The van der Waals surface area contributed by atoms with E-state index in [0.29, 0.717) is 13.0 Å². The molecule has 198 valence electrons. The van der Waals surface area contributed by atoms with E-state index in [1.807, 2.05) is 30.3 Å². The van der Waals surface area contributed by atoms with Gasteiger partial charge in [-0.15, -0.1) is 0 Å². The van der Waals surface area contributed by atoms with E-state index in [-0.39, 0.29) is 40.1 Å². The molecular formula is C28H48O5Si2. The summed E-state index contributed by atoms with van der Waals surface area (Å²) < 4.78 is 26.1. The third-order valence-electron chi connectivity index (χ3n) is 8.80. The Balaban J connectivity index is 1.88. The summed E-state index contributed by atoms with van der Waals surface area (Å²) in [5.41, 5.74) is 1.07. The molecule has 0 bridgehead atoms. The van der Waals surface area contributed by atoms with Gasteiger partial charge in [0, 0.05) is 12.5 Å². The third-order valence-corrected chi connectivity index (χ3v) is 17.8. The van der Waals surface area contributed by atoms with Crippen LogP contribution in [0.25, 0.3) is 0 Å². The van der Waals surface area contributed by atoms with E-state index >= 15 is 0 Å². The van der Waals surface area contributed by atoms with Crippen molar-refractivity contribution in [2.24, 2.45) is 11.8 Å². The summed E-state index contributed by atoms with van der Waals surface area (Å²) in [6.45, 7) is 23.3. The van der Waals surface area contributed by atoms with Crippen molar-refractivity contribution in [1.29, 1.82) is 0 Å². The third kappa shape index (κ3) is 6.86. The van der Waals surface area contributed by atoms with Gasteiger partial charge in [0.2, 0.25) is 6.29 Å². The summed E-state index contributed by atoms with van der Waals surface area (Å²) >= 11 is 0. The van der Waals surface area contributed by atoms with E-state index in [2.05, 4.69) is 67.7 Å².